The molecule has 2 aliphatic carbocycles. The highest BCUT2D eigenvalue weighted by molar-refractivity contribution is 5.94. The lowest BCUT2D eigenvalue weighted by atomic mass is 9.79. The van der Waals surface area contributed by atoms with E-state index in [2.05, 4.69) is 22.5 Å². The number of nitrogens with one attached hydrogen (secondary N) is 2. The predicted octanol–water partition coefficient (Wildman–Crippen LogP) is 3.21. The van der Waals surface area contributed by atoms with Crippen molar-refractivity contribution in [3.8, 4) is 0 Å². The fourth-order valence-corrected chi connectivity index (χ4v) is 5.65. The van der Waals surface area contributed by atoms with Crippen LogP contribution in [0.15, 0.2) is 12.1 Å². The van der Waals surface area contributed by atoms with Gasteiger partial charge in [0.25, 0.3) is 0 Å². The van der Waals surface area contributed by atoms with E-state index >= 15 is 0 Å². The smallest absolute Gasteiger partial charge is 0.227 e. The molecule has 2 N–H and O–H groups in total. The molecule has 0 radical (unpaired) electrons. The van der Waals surface area contributed by atoms with Gasteiger partial charge in [0.2, 0.25) is 17.7 Å². The van der Waals surface area contributed by atoms with Gasteiger partial charge in [-0.3, -0.25) is 19.3 Å². The Kier molecular flexibility index (Phi) is 7.55. The molecule has 1 saturated heterocycles. The largest absolute Gasteiger partial charge is 0.354 e. The fourth-order valence-electron chi connectivity index (χ4n) is 5.65. The lowest BCUT2D eigenvalue weighted by Crippen LogP contribution is -2.54. The second-order valence-electron chi connectivity index (χ2n) is 10.4. The molecule has 3 fully saturated rings. The minimum Gasteiger partial charge on any atom is -0.354 e. The number of halogens is 1. The van der Waals surface area contributed by atoms with E-state index in [0.29, 0.717) is 37.5 Å². The molecule has 1 heterocycles. The van der Waals surface area contributed by atoms with E-state index in [-0.39, 0.29) is 41.6 Å². The van der Waals surface area contributed by atoms with Crippen LogP contribution in [0.2, 0.25) is 0 Å². The Bertz CT molecular complexity index is 940. The average molecular weight is 473 g/mol. The summed E-state index contributed by atoms with van der Waals surface area (Å²) in [5.74, 6) is -0.275. The van der Waals surface area contributed by atoms with Crippen molar-refractivity contribution in [3.63, 3.8) is 0 Å². The Labute approximate surface area is 201 Å². The van der Waals surface area contributed by atoms with E-state index in [4.69, 9.17) is 0 Å². The van der Waals surface area contributed by atoms with Crippen LogP contribution in [0.3, 0.4) is 0 Å². The van der Waals surface area contributed by atoms with Crippen molar-refractivity contribution in [1.29, 1.82) is 0 Å². The third kappa shape index (κ3) is 5.59. The van der Waals surface area contributed by atoms with Crippen molar-refractivity contribution in [3.05, 3.63) is 29.1 Å². The summed E-state index contributed by atoms with van der Waals surface area (Å²) < 4.78 is 14.5. The van der Waals surface area contributed by atoms with E-state index < -0.39 is 0 Å². The molecule has 7 nitrogen and oxygen atoms in total. The first kappa shape index (κ1) is 24.6. The maximum absolute atomic E-state index is 14.5. The van der Waals surface area contributed by atoms with Crippen molar-refractivity contribution in [2.24, 2.45) is 11.8 Å². The summed E-state index contributed by atoms with van der Waals surface area (Å²) in [4.78, 5) is 41.0. The summed E-state index contributed by atoms with van der Waals surface area (Å²) in [6.45, 7) is 8.27. The van der Waals surface area contributed by atoms with E-state index in [1.807, 2.05) is 11.8 Å². The number of carbonyl (C=O) groups is 3. The molecule has 0 unspecified atom stereocenters. The highest BCUT2D eigenvalue weighted by Crippen LogP contribution is 2.31. The molecule has 0 aromatic heterocycles. The van der Waals surface area contributed by atoms with Crippen molar-refractivity contribution >= 4 is 23.4 Å². The maximum atomic E-state index is 14.5. The monoisotopic (exact) mass is 472 g/mol. The molecule has 1 aromatic carbocycles. The van der Waals surface area contributed by atoms with Crippen LogP contribution in [0.4, 0.5) is 10.1 Å². The van der Waals surface area contributed by atoms with Crippen molar-refractivity contribution in [2.45, 2.75) is 77.9 Å². The second kappa shape index (κ2) is 10.4. The minimum absolute atomic E-state index is 0.0404. The second-order valence-corrected chi connectivity index (χ2v) is 10.4. The third-order valence-electron chi connectivity index (χ3n) is 7.75. The number of hydrogen-bond acceptors (Lipinski definition) is 4. The molecule has 1 aliphatic heterocycles. The number of piperazine rings is 1. The molecule has 1 aromatic rings. The quantitative estimate of drug-likeness (QED) is 0.666. The number of nitrogens with zero attached hydrogens (tertiary/aromatic N) is 2. The summed E-state index contributed by atoms with van der Waals surface area (Å²) in [5, 5.41) is 5.73. The zero-order valence-corrected chi connectivity index (χ0v) is 20.5. The van der Waals surface area contributed by atoms with Crippen LogP contribution in [0.5, 0.6) is 0 Å². The van der Waals surface area contributed by atoms with Crippen LogP contribution < -0.4 is 10.6 Å². The van der Waals surface area contributed by atoms with Gasteiger partial charge in [-0.05, 0) is 62.8 Å². The Balaban J connectivity index is 1.34. The Morgan fingerprint density at radius 2 is 1.79 bits per heavy atom. The van der Waals surface area contributed by atoms with E-state index in [9.17, 15) is 18.8 Å². The minimum atomic E-state index is -0.372. The maximum Gasteiger partial charge on any atom is 0.227 e. The highest BCUT2D eigenvalue weighted by atomic mass is 19.1. The lowest BCUT2D eigenvalue weighted by molar-refractivity contribution is -0.140. The molecule has 8 heteroatoms. The van der Waals surface area contributed by atoms with Crippen LogP contribution >= 0.6 is 0 Å². The van der Waals surface area contributed by atoms with Gasteiger partial charge in [-0.15, -0.1) is 0 Å². The van der Waals surface area contributed by atoms with Crippen LogP contribution in [0, 0.1) is 24.6 Å². The molecule has 1 atom stereocenters. The van der Waals surface area contributed by atoms with Gasteiger partial charge in [0.05, 0.1) is 0 Å². The van der Waals surface area contributed by atoms with E-state index in [0.717, 1.165) is 49.9 Å². The van der Waals surface area contributed by atoms with Crippen LogP contribution in [0.25, 0.3) is 0 Å². The Hall–Kier alpha value is -2.48. The Morgan fingerprint density at radius 3 is 2.44 bits per heavy atom. The third-order valence-corrected chi connectivity index (χ3v) is 7.75. The topological polar surface area (TPSA) is 81.8 Å². The van der Waals surface area contributed by atoms with Gasteiger partial charge in [0, 0.05) is 62.7 Å². The molecule has 3 amide bonds. The van der Waals surface area contributed by atoms with Crippen LogP contribution in [-0.2, 0) is 20.9 Å². The summed E-state index contributed by atoms with van der Waals surface area (Å²) >= 11 is 0. The summed E-state index contributed by atoms with van der Waals surface area (Å²) in [6, 6.07) is 3.09. The van der Waals surface area contributed by atoms with E-state index in [1.54, 1.807) is 6.07 Å². The summed E-state index contributed by atoms with van der Waals surface area (Å²) in [6.07, 6.45) is 5.54. The molecule has 0 bridgehead atoms. The number of amides is 3. The molecule has 2 saturated carbocycles. The Morgan fingerprint density at radius 1 is 1.09 bits per heavy atom. The van der Waals surface area contributed by atoms with Crippen molar-refractivity contribution < 1.29 is 18.8 Å². The van der Waals surface area contributed by atoms with Gasteiger partial charge >= 0.3 is 0 Å². The fraction of sp³-hybridized carbons (Fsp3) is 0.654. The van der Waals surface area contributed by atoms with Crippen LogP contribution in [-0.4, -0.2) is 59.2 Å². The molecule has 34 heavy (non-hydrogen) atoms. The lowest BCUT2D eigenvalue weighted by Gasteiger charge is -2.41. The molecule has 186 valence electrons. The van der Waals surface area contributed by atoms with Crippen LogP contribution in [0.1, 0.15) is 63.5 Å². The highest BCUT2D eigenvalue weighted by Gasteiger charge is 2.36. The SMILES string of the molecule is CC(=O)N[C@H]1C[C@H](C(=O)Nc2cc(F)cc(CN3CCN(C(=O)C4CCCC4)[C@@H](C)C3)c2C)C1. The van der Waals surface area contributed by atoms with Gasteiger partial charge in [0.15, 0.2) is 0 Å². The standard InChI is InChI=1S/C26H37FN4O3/c1-16-14-30(8-9-31(16)26(34)19-6-4-5-7-19)15-21-10-22(27)13-24(17(21)2)29-25(33)20-11-23(12-20)28-18(3)32/h10,13,16,19-20,23H,4-9,11-12,14-15H2,1-3H3,(H,28,32)(H,29,33)/t16-,20-,23-/m0/s1. The van der Waals surface area contributed by atoms with Crippen molar-refractivity contribution in [2.75, 3.05) is 25.0 Å². The van der Waals surface area contributed by atoms with Gasteiger partial charge in [0.1, 0.15) is 5.82 Å². The van der Waals surface area contributed by atoms with E-state index in [1.165, 1.54) is 13.0 Å². The molecule has 3 aliphatic rings. The first-order valence-corrected chi connectivity index (χ1v) is 12.6. The van der Waals surface area contributed by atoms with Crippen molar-refractivity contribution in [1.82, 2.24) is 15.1 Å². The van der Waals surface area contributed by atoms with Gasteiger partial charge in [-0.1, -0.05) is 12.8 Å². The van der Waals surface area contributed by atoms with Gasteiger partial charge < -0.3 is 15.5 Å². The number of rotatable bonds is 6. The number of carbonyl (C=O) groups excluding carboxylic acids is 3. The zero-order chi connectivity index (χ0) is 24.4. The van der Waals surface area contributed by atoms with Gasteiger partial charge in [-0.25, -0.2) is 4.39 Å². The number of hydrogen-bond donors (Lipinski definition) is 2. The predicted molar refractivity (Wildman–Crippen MR) is 129 cm³/mol. The average Bonchev–Trinajstić information content (AvgIpc) is 3.28. The normalized spacial score (nSPS) is 25.6. The first-order valence-electron chi connectivity index (χ1n) is 12.6. The summed E-state index contributed by atoms with van der Waals surface area (Å²) in [7, 11) is 0. The molecule has 0 spiro atoms. The van der Waals surface area contributed by atoms with Gasteiger partial charge in [-0.2, -0.15) is 0 Å². The first-order chi connectivity index (χ1) is 16.2. The zero-order valence-electron chi connectivity index (χ0n) is 20.5. The molecule has 4 rings (SSSR count). The number of anilines is 1. The number of benzene rings is 1. The summed E-state index contributed by atoms with van der Waals surface area (Å²) in [5.41, 5.74) is 2.22. The molecular weight excluding hydrogens is 435 g/mol. The molecular formula is C26H37FN4O3.